The Kier molecular flexibility index (Phi) is 2.90. The van der Waals surface area contributed by atoms with Gasteiger partial charge in [-0.3, -0.25) is 9.69 Å². The Morgan fingerprint density at radius 1 is 1.40 bits per heavy atom. The van der Waals surface area contributed by atoms with Crippen molar-refractivity contribution >= 4 is 11.9 Å². The smallest absolute Gasteiger partial charge is 0.312 e. The van der Waals surface area contributed by atoms with Crippen LogP contribution in [-0.2, 0) is 11.3 Å². The number of nitrogens with zero attached hydrogens (tertiary/aromatic N) is 3. The summed E-state index contributed by atoms with van der Waals surface area (Å²) in [5.74, 6) is -0.731. The molecule has 0 spiro atoms. The molecule has 0 N–H and O–H groups in total. The van der Waals surface area contributed by atoms with E-state index in [1.807, 2.05) is 6.07 Å². The van der Waals surface area contributed by atoms with E-state index in [2.05, 4.69) is 0 Å². The summed E-state index contributed by atoms with van der Waals surface area (Å²) in [6, 6.07) is 5.00. The standard InChI is InChI=1S/C14H12FN3O2/c15-11-4-3-9(10(6-11)7-16)8-18-13(19)12-2-1-5-17(12)14(18)20/h3-4,6,12H,1-2,5,8H2/t12-/m1/s1. The summed E-state index contributed by atoms with van der Waals surface area (Å²) in [5.41, 5.74) is 0.634. The normalized spacial score (nSPS) is 21.3. The van der Waals surface area contributed by atoms with Crippen LogP contribution in [0.2, 0.25) is 0 Å². The number of imide groups is 1. The van der Waals surface area contributed by atoms with Gasteiger partial charge in [-0.2, -0.15) is 5.26 Å². The Labute approximate surface area is 115 Å². The maximum atomic E-state index is 13.1. The van der Waals surface area contributed by atoms with Crippen molar-refractivity contribution in [3.05, 3.63) is 35.1 Å². The fourth-order valence-corrected chi connectivity index (χ4v) is 2.79. The van der Waals surface area contributed by atoms with Crippen LogP contribution in [-0.4, -0.2) is 34.3 Å². The number of halogens is 1. The van der Waals surface area contributed by atoms with Gasteiger partial charge in [0.25, 0.3) is 5.91 Å². The van der Waals surface area contributed by atoms with Gasteiger partial charge < -0.3 is 4.90 Å². The summed E-state index contributed by atoms with van der Waals surface area (Å²) in [6.07, 6.45) is 1.53. The molecule has 1 atom stereocenters. The predicted octanol–water partition coefficient (Wildman–Crippen LogP) is 1.62. The zero-order valence-corrected chi connectivity index (χ0v) is 10.7. The van der Waals surface area contributed by atoms with Gasteiger partial charge in [0.1, 0.15) is 11.9 Å². The van der Waals surface area contributed by atoms with E-state index in [0.29, 0.717) is 18.5 Å². The number of rotatable bonds is 2. The molecule has 0 bridgehead atoms. The summed E-state index contributed by atoms with van der Waals surface area (Å²) in [5, 5.41) is 8.99. The molecule has 0 unspecified atom stereocenters. The third-order valence-corrected chi connectivity index (χ3v) is 3.80. The van der Waals surface area contributed by atoms with E-state index in [4.69, 9.17) is 5.26 Å². The summed E-state index contributed by atoms with van der Waals surface area (Å²) >= 11 is 0. The van der Waals surface area contributed by atoms with Gasteiger partial charge in [-0.25, -0.2) is 9.18 Å². The van der Waals surface area contributed by atoms with E-state index in [0.717, 1.165) is 17.4 Å². The molecule has 2 saturated heterocycles. The minimum atomic E-state index is -0.509. The largest absolute Gasteiger partial charge is 0.327 e. The number of benzene rings is 1. The maximum Gasteiger partial charge on any atom is 0.327 e. The van der Waals surface area contributed by atoms with Gasteiger partial charge in [-0.15, -0.1) is 0 Å². The Bertz CT molecular complexity index is 616. The number of fused-ring (bicyclic) bond motifs is 1. The van der Waals surface area contributed by atoms with E-state index >= 15 is 0 Å². The molecule has 0 aliphatic carbocycles. The molecule has 0 saturated carbocycles. The quantitative estimate of drug-likeness (QED) is 0.769. The second kappa shape index (κ2) is 4.60. The van der Waals surface area contributed by atoms with Crippen molar-refractivity contribution in [2.24, 2.45) is 0 Å². The van der Waals surface area contributed by atoms with E-state index in [1.165, 1.54) is 12.1 Å². The molecule has 2 heterocycles. The fourth-order valence-electron chi connectivity index (χ4n) is 2.79. The van der Waals surface area contributed by atoms with Crippen molar-refractivity contribution in [1.29, 1.82) is 5.26 Å². The number of urea groups is 1. The Balaban J connectivity index is 1.87. The molecule has 2 fully saturated rings. The molecular weight excluding hydrogens is 261 g/mol. The first-order valence-electron chi connectivity index (χ1n) is 6.42. The minimum absolute atomic E-state index is 0.0217. The van der Waals surface area contributed by atoms with Gasteiger partial charge in [0.2, 0.25) is 0 Å². The van der Waals surface area contributed by atoms with E-state index in [9.17, 15) is 14.0 Å². The van der Waals surface area contributed by atoms with Crippen molar-refractivity contribution in [3.8, 4) is 6.07 Å². The lowest BCUT2D eigenvalue weighted by Crippen LogP contribution is -2.32. The molecule has 0 aromatic heterocycles. The van der Waals surface area contributed by atoms with Crippen LogP contribution in [0.15, 0.2) is 18.2 Å². The van der Waals surface area contributed by atoms with Crippen LogP contribution in [0.5, 0.6) is 0 Å². The van der Waals surface area contributed by atoms with Crippen LogP contribution in [0, 0.1) is 17.1 Å². The first-order chi connectivity index (χ1) is 9.61. The average Bonchev–Trinajstić information content (AvgIpc) is 3.00. The highest BCUT2D eigenvalue weighted by Crippen LogP contribution is 2.28. The van der Waals surface area contributed by atoms with Crippen molar-refractivity contribution in [1.82, 2.24) is 9.80 Å². The topological polar surface area (TPSA) is 64.4 Å². The molecule has 102 valence electrons. The van der Waals surface area contributed by atoms with Crippen molar-refractivity contribution in [3.63, 3.8) is 0 Å². The second-order valence-corrected chi connectivity index (χ2v) is 4.97. The predicted molar refractivity (Wildman–Crippen MR) is 66.8 cm³/mol. The highest BCUT2D eigenvalue weighted by Gasteiger charge is 2.47. The monoisotopic (exact) mass is 273 g/mol. The number of hydrogen-bond donors (Lipinski definition) is 0. The third-order valence-electron chi connectivity index (χ3n) is 3.80. The zero-order valence-electron chi connectivity index (χ0n) is 10.7. The van der Waals surface area contributed by atoms with Crippen LogP contribution < -0.4 is 0 Å². The van der Waals surface area contributed by atoms with Gasteiger partial charge in [0.15, 0.2) is 0 Å². The van der Waals surface area contributed by atoms with Crippen molar-refractivity contribution < 1.29 is 14.0 Å². The number of amides is 3. The lowest BCUT2D eigenvalue weighted by Gasteiger charge is -2.16. The molecule has 1 aromatic rings. The minimum Gasteiger partial charge on any atom is -0.312 e. The molecule has 3 amide bonds. The van der Waals surface area contributed by atoms with Gasteiger partial charge in [-0.05, 0) is 30.5 Å². The lowest BCUT2D eigenvalue weighted by atomic mass is 10.1. The van der Waals surface area contributed by atoms with Crippen molar-refractivity contribution in [2.45, 2.75) is 25.4 Å². The summed E-state index contributed by atoms with van der Waals surface area (Å²) in [6.45, 7) is 0.619. The third kappa shape index (κ3) is 1.83. The second-order valence-electron chi connectivity index (χ2n) is 4.97. The molecule has 5 nitrogen and oxygen atoms in total. The van der Waals surface area contributed by atoms with Crippen LogP contribution >= 0.6 is 0 Å². The van der Waals surface area contributed by atoms with Gasteiger partial charge in [0.05, 0.1) is 18.2 Å². The Morgan fingerprint density at radius 3 is 2.90 bits per heavy atom. The highest BCUT2D eigenvalue weighted by atomic mass is 19.1. The van der Waals surface area contributed by atoms with Crippen LogP contribution in [0.1, 0.15) is 24.0 Å². The molecule has 6 heteroatoms. The fraction of sp³-hybridized carbons (Fsp3) is 0.357. The Hall–Kier alpha value is -2.42. The molecule has 20 heavy (non-hydrogen) atoms. The van der Waals surface area contributed by atoms with Crippen LogP contribution in [0.4, 0.5) is 9.18 Å². The first-order valence-corrected chi connectivity index (χ1v) is 6.42. The zero-order chi connectivity index (χ0) is 14.3. The summed E-state index contributed by atoms with van der Waals surface area (Å²) in [7, 11) is 0. The van der Waals surface area contributed by atoms with Gasteiger partial charge >= 0.3 is 6.03 Å². The Morgan fingerprint density at radius 2 is 2.20 bits per heavy atom. The average molecular weight is 273 g/mol. The summed E-state index contributed by atoms with van der Waals surface area (Å²) < 4.78 is 13.1. The number of nitriles is 1. The lowest BCUT2D eigenvalue weighted by molar-refractivity contribution is -0.128. The first kappa shape index (κ1) is 12.6. The number of carbonyl (C=O) groups is 2. The molecule has 0 radical (unpaired) electrons. The van der Waals surface area contributed by atoms with Crippen LogP contribution in [0.25, 0.3) is 0 Å². The van der Waals surface area contributed by atoms with E-state index < -0.39 is 5.82 Å². The SMILES string of the molecule is N#Cc1cc(F)ccc1CN1C(=O)[C@H]2CCCN2C1=O. The summed E-state index contributed by atoms with van der Waals surface area (Å²) in [4.78, 5) is 27.0. The maximum absolute atomic E-state index is 13.1. The molecule has 1 aromatic carbocycles. The van der Waals surface area contributed by atoms with Crippen LogP contribution in [0.3, 0.4) is 0 Å². The molecular formula is C14H12FN3O2. The van der Waals surface area contributed by atoms with Crippen molar-refractivity contribution in [2.75, 3.05) is 6.54 Å². The molecule has 2 aliphatic rings. The molecule has 3 rings (SSSR count). The van der Waals surface area contributed by atoms with Gasteiger partial charge in [-0.1, -0.05) is 6.07 Å². The van der Waals surface area contributed by atoms with E-state index in [1.54, 1.807) is 4.90 Å². The number of hydrogen-bond acceptors (Lipinski definition) is 3. The van der Waals surface area contributed by atoms with Gasteiger partial charge in [0, 0.05) is 6.54 Å². The molecule has 2 aliphatic heterocycles. The number of carbonyl (C=O) groups excluding carboxylic acids is 2. The van der Waals surface area contributed by atoms with E-state index in [-0.39, 0.29) is 30.1 Å². The highest BCUT2D eigenvalue weighted by molar-refractivity contribution is 6.04.